The molecular formula is C16H24FN3O. The fraction of sp³-hybridized carbons (Fsp3) is 0.562. The van der Waals surface area contributed by atoms with Crippen molar-refractivity contribution in [2.45, 2.75) is 32.4 Å². The molecule has 1 saturated heterocycles. The van der Waals surface area contributed by atoms with E-state index < -0.39 is 5.54 Å². The molecule has 2 N–H and O–H groups in total. The Labute approximate surface area is 125 Å². The molecule has 1 aromatic rings. The molecule has 0 aromatic heterocycles. The summed E-state index contributed by atoms with van der Waals surface area (Å²) in [5, 5.41) is 6.28. The molecule has 1 aliphatic heterocycles. The van der Waals surface area contributed by atoms with Gasteiger partial charge in [-0.15, -0.1) is 0 Å². The fourth-order valence-corrected chi connectivity index (χ4v) is 2.60. The zero-order valence-electron chi connectivity index (χ0n) is 12.9. The first-order valence-corrected chi connectivity index (χ1v) is 7.43. The van der Waals surface area contributed by atoms with Crippen LogP contribution in [0.3, 0.4) is 0 Å². The summed E-state index contributed by atoms with van der Waals surface area (Å²) < 4.78 is 13.3. The van der Waals surface area contributed by atoms with Crippen molar-refractivity contribution in [3.8, 4) is 0 Å². The maximum Gasteiger partial charge on any atom is 0.240 e. The molecule has 0 aliphatic carbocycles. The first-order chi connectivity index (χ1) is 9.91. The Morgan fingerprint density at radius 3 is 2.67 bits per heavy atom. The number of hydrogen-bond acceptors (Lipinski definition) is 3. The van der Waals surface area contributed by atoms with Gasteiger partial charge in [0.2, 0.25) is 5.91 Å². The Morgan fingerprint density at radius 2 is 2.05 bits per heavy atom. The minimum atomic E-state index is -0.566. The Morgan fingerprint density at radius 1 is 1.38 bits per heavy atom. The highest BCUT2D eigenvalue weighted by Crippen LogP contribution is 2.19. The number of carbonyl (C=O) groups excluding carboxylic acids is 1. The number of piperazine rings is 1. The highest BCUT2D eigenvalue weighted by atomic mass is 19.1. The van der Waals surface area contributed by atoms with Crippen LogP contribution in [0, 0.1) is 5.82 Å². The SMILES string of the molecule is C[C@H](NC(=O)C(C)(C)N1CCNCC1)c1cccc(F)c1. The number of nitrogens with zero attached hydrogens (tertiary/aromatic N) is 1. The van der Waals surface area contributed by atoms with Crippen LogP contribution in [0.4, 0.5) is 4.39 Å². The molecule has 4 nitrogen and oxygen atoms in total. The van der Waals surface area contributed by atoms with Crippen LogP contribution in [0.1, 0.15) is 32.4 Å². The van der Waals surface area contributed by atoms with Crippen molar-refractivity contribution in [3.63, 3.8) is 0 Å². The van der Waals surface area contributed by atoms with Crippen molar-refractivity contribution >= 4 is 5.91 Å². The van der Waals surface area contributed by atoms with Crippen LogP contribution in [-0.2, 0) is 4.79 Å². The minimum Gasteiger partial charge on any atom is -0.348 e. The zero-order chi connectivity index (χ0) is 15.5. The number of nitrogens with one attached hydrogen (secondary N) is 2. The number of halogens is 1. The first kappa shape index (κ1) is 15.9. The number of carbonyl (C=O) groups is 1. The number of benzene rings is 1. The van der Waals surface area contributed by atoms with E-state index in [0.717, 1.165) is 31.7 Å². The first-order valence-electron chi connectivity index (χ1n) is 7.43. The molecular weight excluding hydrogens is 269 g/mol. The molecule has 1 atom stereocenters. The van der Waals surface area contributed by atoms with E-state index in [-0.39, 0.29) is 17.8 Å². The van der Waals surface area contributed by atoms with Crippen molar-refractivity contribution in [2.24, 2.45) is 0 Å². The Balaban J connectivity index is 2.02. The summed E-state index contributed by atoms with van der Waals surface area (Å²) in [6.45, 7) is 9.26. The molecule has 0 radical (unpaired) electrons. The van der Waals surface area contributed by atoms with E-state index in [2.05, 4.69) is 15.5 Å². The maximum absolute atomic E-state index is 13.3. The van der Waals surface area contributed by atoms with Gasteiger partial charge in [-0.2, -0.15) is 0 Å². The van der Waals surface area contributed by atoms with Gasteiger partial charge in [0.1, 0.15) is 5.82 Å². The van der Waals surface area contributed by atoms with Crippen LogP contribution < -0.4 is 10.6 Å². The highest BCUT2D eigenvalue weighted by molar-refractivity contribution is 5.85. The molecule has 0 spiro atoms. The van der Waals surface area contributed by atoms with E-state index in [9.17, 15) is 9.18 Å². The number of hydrogen-bond donors (Lipinski definition) is 2. The average Bonchev–Trinajstić information content (AvgIpc) is 2.48. The lowest BCUT2D eigenvalue weighted by Gasteiger charge is -2.40. The van der Waals surface area contributed by atoms with Gasteiger partial charge < -0.3 is 10.6 Å². The summed E-state index contributed by atoms with van der Waals surface area (Å²) in [6.07, 6.45) is 0. The second-order valence-electron chi connectivity index (χ2n) is 6.05. The van der Waals surface area contributed by atoms with Crippen molar-refractivity contribution in [1.82, 2.24) is 15.5 Å². The molecule has 0 unspecified atom stereocenters. The van der Waals surface area contributed by atoms with Gasteiger partial charge in [-0.1, -0.05) is 12.1 Å². The molecule has 1 heterocycles. The molecule has 0 saturated carbocycles. The molecule has 116 valence electrons. The van der Waals surface area contributed by atoms with Crippen LogP contribution in [0.2, 0.25) is 0 Å². The second kappa shape index (κ2) is 6.54. The Hall–Kier alpha value is -1.46. The minimum absolute atomic E-state index is 0.0267. The Kier molecular flexibility index (Phi) is 4.96. The van der Waals surface area contributed by atoms with Crippen LogP contribution in [0.5, 0.6) is 0 Å². The normalized spacial score (nSPS) is 18.3. The van der Waals surface area contributed by atoms with Gasteiger partial charge in [-0.3, -0.25) is 9.69 Å². The van der Waals surface area contributed by atoms with E-state index in [1.165, 1.54) is 12.1 Å². The summed E-state index contributed by atoms with van der Waals surface area (Å²) in [4.78, 5) is 14.7. The third-order valence-corrected chi connectivity index (χ3v) is 4.16. The summed E-state index contributed by atoms with van der Waals surface area (Å²) in [5.74, 6) is -0.309. The average molecular weight is 293 g/mol. The topological polar surface area (TPSA) is 44.4 Å². The Bertz CT molecular complexity index is 498. The van der Waals surface area contributed by atoms with Crippen LogP contribution in [0.25, 0.3) is 0 Å². The lowest BCUT2D eigenvalue weighted by Crippen LogP contribution is -2.60. The van der Waals surface area contributed by atoms with Crippen molar-refractivity contribution < 1.29 is 9.18 Å². The van der Waals surface area contributed by atoms with E-state index >= 15 is 0 Å². The monoisotopic (exact) mass is 293 g/mol. The maximum atomic E-state index is 13.3. The van der Waals surface area contributed by atoms with Gasteiger partial charge in [0.25, 0.3) is 0 Å². The summed E-state index contributed by atoms with van der Waals surface area (Å²) in [7, 11) is 0. The molecule has 2 rings (SSSR count). The van der Waals surface area contributed by atoms with E-state index in [1.54, 1.807) is 6.07 Å². The lowest BCUT2D eigenvalue weighted by atomic mass is 9.99. The van der Waals surface area contributed by atoms with Crippen molar-refractivity contribution in [3.05, 3.63) is 35.6 Å². The molecule has 5 heteroatoms. The third kappa shape index (κ3) is 3.80. The predicted octanol–water partition coefficient (Wildman–Crippen LogP) is 1.69. The summed E-state index contributed by atoms with van der Waals surface area (Å²) in [6, 6.07) is 6.14. The quantitative estimate of drug-likeness (QED) is 0.888. The van der Waals surface area contributed by atoms with Gasteiger partial charge in [-0.05, 0) is 38.5 Å². The standard InChI is InChI=1S/C16H24FN3O/c1-12(13-5-4-6-14(17)11-13)19-15(21)16(2,3)20-9-7-18-8-10-20/h4-6,11-12,18H,7-10H2,1-3H3,(H,19,21)/t12-/m0/s1. The van der Waals surface area contributed by atoms with Crippen LogP contribution >= 0.6 is 0 Å². The fourth-order valence-electron chi connectivity index (χ4n) is 2.60. The largest absolute Gasteiger partial charge is 0.348 e. The van der Waals surface area contributed by atoms with E-state index in [1.807, 2.05) is 26.8 Å². The molecule has 0 bridgehead atoms. The van der Waals surface area contributed by atoms with E-state index in [4.69, 9.17) is 0 Å². The number of rotatable bonds is 4. The van der Waals surface area contributed by atoms with Gasteiger partial charge in [-0.25, -0.2) is 4.39 Å². The van der Waals surface area contributed by atoms with Crippen LogP contribution in [-0.4, -0.2) is 42.5 Å². The third-order valence-electron chi connectivity index (χ3n) is 4.16. The van der Waals surface area contributed by atoms with E-state index in [0.29, 0.717) is 0 Å². The molecule has 1 aromatic carbocycles. The van der Waals surface area contributed by atoms with Crippen molar-refractivity contribution in [2.75, 3.05) is 26.2 Å². The second-order valence-corrected chi connectivity index (χ2v) is 6.05. The summed E-state index contributed by atoms with van der Waals surface area (Å²) >= 11 is 0. The number of amides is 1. The highest BCUT2D eigenvalue weighted by Gasteiger charge is 2.35. The van der Waals surface area contributed by atoms with Crippen molar-refractivity contribution in [1.29, 1.82) is 0 Å². The van der Waals surface area contributed by atoms with Crippen LogP contribution in [0.15, 0.2) is 24.3 Å². The lowest BCUT2D eigenvalue weighted by molar-refractivity contribution is -0.132. The molecule has 21 heavy (non-hydrogen) atoms. The molecule has 1 aliphatic rings. The van der Waals surface area contributed by atoms with Gasteiger partial charge in [0.15, 0.2) is 0 Å². The zero-order valence-corrected chi connectivity index (χ0v) is 12.9. The molecule has 1 amide bonds. The van der Waals surface area contributed by atoms with Gasteiger partial charge in [0, 0.05) is 26.2 Å². The predicted molar refractivity (Wildman–Crippen MR) is 81.5 cm³/mol. The molecule has 1 fully saturated rings. The van der Waals surface area contributed by atoms with Gasteiger partial charge in [0.05, 0.1) is 11.6 Å². The summed E-state index contributed by atoms with van der Waals surface area (Å²) in [5.41, 5.74) is 0.211. The smallest absolute Gasteiger partial charge is 0.240 e. The van der Waals surface area contributed by atoms with Gasteiger partial charge >= 0.3 is 0 Å².